The Bertz CT molecular complexity index is 575. The van der Waals surface area contributed by atoms with Crippen LogP contribution in [0, 0.1) is 0 Å². The molecule has 1 fully saturated rings. The molecule has 6 heteroatoms. The number of carbonyl (C=O) groups is 1. The fraction of sp³-hybridized carbons (Fsp3) is 0.619. The fourth-order valence-electron chi connectivity index (χ4n) is 3.54. The molecule has 1 saturated heterocycles. The lowest BCUT2D eigenvalue weighted by molar-refractivity contribution is 0.0953. The van der Waals surface area contributed by atoms with Crippen LogP contribution in [0.15, 0.2) is 35.3 Å². The van der Waals surface area contributed by atoms with Crippen LogP contribution in [0.5, 0.6) is 0 Å². The number of carbonyl (C=O) groups excluding carboxylic acids is 1. The molecule has 0 aliphatic carbocycles. The number of nitrogens with one attached hydrogen (secondary N) is 3. The summed E-state index contributed by atoms with van der Waals surface area (Å²) in [4.78, 5) is 18.8. The van der Waals surface area contributed by atoms with E-state index >= 15 is 0 Å². The maximum Gasteiger partial charge on any atom is 0.251 e. The van der Waals surface area contributed by atoms with E-state index in [2.05, 4.69) is 32.8 Å². The molecule has 27 heavy (non-hydrogen) atoms. The molecule has 0 spiro atoms. The first-order valence-corrected chi connectivity index (χ1v) is 10.3. The fourth-order valence-corrected chi connectivity index (χ4v) is 3.54. The van der Waals surface area contributed by atoms with Gasteiger partial charge in [0.15, 0.2) is 5.96 Å². The Kier molecular flexibility index (Phi) is 9.69. The third-order valence-corrected chi connectivity index (χ3v) is 5.10. The van der Waals surface area contributed by atoms with Crippen molar-refractivity contribution in [3.05, 3.63) is 35.9 Å². The Balaban J connectivity index is 1.57. The van der Waals surface area contributed by atoms with Crippen molar-refractivity contribution < 1.29 is 4.79 Å². The molecule has 1 aliphatic heterocycles. The van der Waals surface area contributed by atoms with Crippen molar-refractivity contribution in [2.45, 2.75) is 45.1 Å². The van der Waals surface area contributed by atoms with Crippen molar-refractivity contribution in [3.63, 3.8) is 0 Å². The van der Waals surface area contributed by atoms with Gasteiger partial charge in [0.1, 0.15) is 0 Å². The smallest absolute Gasteiger partial charge is 0.251 e. The maximum atomic E-state index is 12.0. The summed E-state index contributed by atoms with van der Waals surface area (Å²) < 4.78 is 0. The number of hydrogen-bond acceptors (Lipinski definition) is 3. The molecule has 1 aromatic rings. The number of piperidine rings is 1. The lowest BCUT2D eigenvalue weighted by Gasteiger charge is -2.35. The van der Waals surface area contributed by atoms with Gasteiger partial charge >= 0.3 is 0 Å². The average Bonchev–Trinajstić information content (AvgIpc) is 2.73. The lowest BCUT2D eigenvalue weighted by Crippen LogP contribution is -2.46. The number of guanidine groups is 1. The van der Waals surface area contributed by atoms with Crippen LogP contribution in [0.3, 0.4) is 0 Å². The van der Waals surface area contributed by atoms with Crippen LogP contribution in [0.1, 0.15) is 49.4 Å². The minimum Gasteiger partial charge on any atom is -0.356 e. The highest BCUT2D eigenvalue weighted by molar-refractivity contribution is 5.94. The van der Waals surface area contributed by atoms with E-state index in [9.17, 15) is 4.79 Å². The standard InChI is InChI=1S/C21H35N5O/c1-3-19-12-7-8-16-26(19)17-15-25-21(22-2)24-14-9-13-23-20(27)18-10-5-4-6-11-18/h4-6,10-11,19H,3,7-9,12-17H2,1-2H3,(H,23,27)(H2,22,24,25). The van der Waals surface area contributed by atoms with Crippen molar-refractivity contribution in [2.75, 3.05) is 39.8 Å². The third kappa shape index (κ3) is 7.59. The molecule has 1 unspecified atom stereocenters. The van der Waals surface area contributed by atoms with Crippen LogP contribution < -0.4 is 16.0 Å². The molecular formula is C21H35N5O. The van der Waals surface area contributed by atoms with Gasteiger partial charge in [-0.25, -0.2) is 0 Å². The first-order chi connectivity index (χ1) is 13.2. The lowest BCUT2D eigenvalue weighted by atomic mass is 10.0. The molecule has 0 bridgehead atoms. The van der Waals surface area contributed by atoms with Crippen molar-refractivity contribution in [1.82, 2.24) is 20.9 Å². The summed E-state index contributed by atoms with van der Waals surface area (Å²) in [7, 11) is 1.79. The third-order valence-electron chi connectivity index (χ3n) is 5.10. The highest BCUT2D eigenvalue weighted by Gasteiger charge is 2.19. The largest absolute Gasteiger partial charge is 0.356 e. The number of amides is 1. The van der Waals surface area contributed by atoms with Gasteiger partial charge in [-0.2, -0.15) is 0 Å². The summed E-state index contributed by atoms with van der Waals surface area (Å²) in [6, 6.07) is 10.0. The van der Waals surface area contributed by atoms with Gasteiger partial charge in [-0.05, 0) is 44.4 Å². The van der Waals surface area contributed by atoms with E-state index in [0.29, 0.717) is 12.1 Å². The monoisotopic (exact) mass is 373 g/mol. The van der Waals surface area contributed by atoms with Crippen molar-refractivity contribution in [3.8, 4) is 0 Å². The first-order valence-electron chi connectivity index (χ1n) is 10.3. The van der Waals surface area contributed by atoms with Crippen LogP contribution in [0.2, 0.25) is 0 Å². The normalized spacial score (nSPS) is 18.1. The molecule has 1 aliphatic rings. The van der Waals surface area contributed by atoms with Crippen molar-refractivity contribution in [1.29, 1.82) is 0 Å². The van der Waals surface area contributed by atoms with E-state index in [1.165, 1.54) is 32.2 Å². The van der Waals surface area contributed by atoms with Gasteiger partial charge in [0, 0.05) is 44.8 Å². The summed E-state index contributed by atoms with van der Waals surface area (Å²) >= 11 is 0. The highest BCUT2D eigenvalue weighted by Crippen LogP contribution is 2.18. The Morgan fingerprint density at radius 1 is 1.11 bits per heavy atom. The zero-order chi connectivity index (χ0) is 19.3. The van der Waals surface area contributed by atoms with Gasteiger partial charge in [0.2, 0.25) is 0 Å². The zero-order valence-corrected chi connectivity index (χ0v) is 16.8. The van der Waals surface area contributed by atoms with Crippen LogP contribution in [-0.4, -0.2) is 62.6 Å². The predicted molar refractivity (Wildman–Crippen MR) is 112 cm³/mol. The Morgan fingerprint density at radius 3 is 2.59 bits per heavy atom. The van der Waals surface area contributed by atoms with Gasteiger partial charge in [-0.15, -0.1) is 0 Å². The number of benzene rings is 1. The van der Waals surface area contributed by atoms with Gasteiger partial charge in [0.25, 0.3) is 5.91 Å². The van der Waals surface area contributed by atoms with Crippen molar-refractivity contribution in [2.24, 2.45) is 4.99 Å². The Morgan fingerprint density at radius 2 is 1.85 bits per heavy atom. The molecule has 1 aromatic carbocycles. The summed E-state index contributed by atoms with van der Waals surface area (Å²) in [5.41, 5.74) is 0.700. The minimum absolute atomic E-state index is 0.0230. The number of likely N-dealkylation sites (tertiary alicyclic amines) is 1. The molecule has 1 heterocycles. The van der Waals surface area contributed by atoms with Gasteiger partial charge in [-0.1, -0.05) is 31.5 Å². The van der Waals surface area contributed by atoms with Crippen LogP contribution in [-0.2, 0) is 0 Å². The molecule has 150 valence electrons. The van der Waals surface area contributed by atoms with Crippen LogP contribution >= 0.6 is 0 Å². The van der Waals surface area contributed by atoms with E-state index in [0.717, 1.165) is 38.1 Å². The Hall–Kier alpha value is -2.08. The molecule has 0 radical (unpaired) electrons. The summed E-state index contributed by atoms with van der Waals surface area (Å²) in [6.45, 7) is 6.88. The molecule has 2 rings (SSSR count). The van der Waals surface area contributed by atoms with E-state index in [4.69, 9.17) is 0 Å². The van der Waals surface area contributed by atoms with E-state index in [1.807, 2.05) is 30.3 Å². The SMILES string of the molecule is CCC1CCCCN1CCNC(=NC)NCCCNC(=O)c1ccccc1. The molecule has 0 saturated carbocycles. The predicted octanol–water partition coefficient (Wildman–Crippen LogP) is 2.24. The number of aliphatic imine (C=N–C) groups is 1. The quantitative estimate of drug-likeness (QED) is 0.353. The molecule has 6 nitrogen and oxygen atoms in total. The van der Waals surface area contributed by atoms with Crippen molar-refractivity contribution >= 4 is 11.9 Å². The van der Waals surface area contributed by atoms with E-state index in [1.54, 1.807) is 7.05 Å². The summed E-state index contributed by atoms with van der Waals surface area (Å²) in [5.74, 6) is 0.805. The second-order valence-corrected chi connectivity index (χ2v) is 7.00. The molecule has 1 atom stereocenters. The van der Waals surface area contributed by atoms with E-state index < -0.39 is 0 Å². The van der Waals surface area contributed by atoms with E-state index in [-0.39, 0.29) is 5.91 Å². The molecule has 0 aromatic heterocycles. The molecular weight excluding hydrogens is 338 g/mol. The summed E-state index contributed by atoms with van der Waals surface area (Å²) in [5, 5.41) is 9.65. The van der Waals surface area contributed by atoms with Crippen LogP contribution in [0.25, 0.3) is 0 Å². The minimum atomic E-state index is -0.0230. The highest BCUT2D eigenvalue weighted by atomic mass is 16.1. The molecule has 3 N–H and O–H groups in total. The zero-order valence-electron chi connectivity index (χ0n) is 16.8. The number of rotatable bonds is 9. The topological polar surface area (TPSA) is 68.8 Å². The summed E-state index contributed by atoms with van der Waals surface area (Å²) in [6.07, 6.45) is 6.10. The maximum absolute atomic E-state index is 12.0. The van der Waals surface area contributed by atoms with Gasteiger partial charge < -0.3 is 16.0 Å². The Labute approximate surface area is 163 Å². The van der Waals surface area contributed by atoms with Gasteiger partial charge in [0.05, 0.1) is 0 Å². The number of hydrogen-bond donors (Lipinski definition) is 3. The average molecular weight is 374 g/mol. The molecule has 1 amide bonds. The second kappa shape index (κ2) is 12.3. The second-order valence-electron chi connectivity index (χ2n) is 7.00. The first kappa shape index (κ1) is 21.2. The number of nitrogens with zero attached hydrogens (tertiary/aromatic N) is 2. The van der Waals surface area contributed by atoms with Gasteiger partial charge in [-0.3, -0.25) is 14.7 Å². The van der Waals surface area contributed by atoms with Crippen LogP contribution in [0.4, 0.5) is 0 Å².